The lowest BCUT2D eigenvalue weighted by molar-refractivity contribution is 0.209. The lowest BCUT2D eigenvalue weighted by Gasteiger charge is -2.14. The first-order chi connectivity index (χ1) is 8.59. The molecule has 0 aromatic carbocycles. The van der Waals surface area contributed by atoms with Crippen LogP contribution in [0.3, 0.4) is 0 Å². The topological polar surface area (TPSA) is 54.2 Å². The van der Waals surface area contributed by atoms with Crippen molar-refractivity contribution in [2.24, 2.45) is 0 Å². The molecule has 2 heterocycles. The van der Waals surface area contributed by atoms with Crippen molar-refractivity contribution in [1.82, 2.24) is 19.7 Å². The SMILES string of the molecule is CN(C)CCn1ncc(Cl)c1C(O)c1cncs1. The highest BCUT2D eigenvalue weighted by molar-refractivity contribution is 7.09. The highest BCUT2D eigenvalue weighted by Gasteiger charge is 2.21. The van der Waals surface area contributed by atoms with Crippen LogP contribution >= 0.6 is 22.9 Å². The van der Waals surface area contributed by atoms with Crippen molar-refractivity contribution in [3.05, 3.63) is 33.5 Å². The average Bonchev–Trinajstić information content (AvgIpc) is 2.94. The Bertz CT molecular complexity index is 497. The van der Waals surface area contributed by atoms with Gasteiger partial charge in [-0.05, 0) is 14.1 Å². The first kappa shape index (κ1) is 13.5. The predicted molar refractivity (Wildman–Crippen MR) is 72.0 cm³/mol. The highest BCUT2D eigenvalue weighted by Crippen LogP contribution is 2.29. The molecule has 0 fully saturated rings. The van der Waals surface area contributed by atoms with E-state index in [2.05, 4.69) is 15.0 Å². The monoisotopic (exact) mass is 286 g/mol. The predicted octanol–water partition coefficient (Wildman–Crippen LogP) is 1.64. The van der Waals surface area contributed by atoms with Crippen LogP contribution in [0.1, 0.15) is 16.7 Å². The van der Waals surface area contributed by atoms with Crippen molar-refractivity contribution in [3.63, 3.8) is 0 Å². The van der Waals surface area contributed by atoms with E-state index >= 15 is 0 Å². The number of aliphatic hydroxyl groups excluding tert-OH is 1. The van der Waals surface area contributed by atoms with Crippen molar-refractivity contribution in [3.8, 4) is 0 Å². The van der Waals surface area contributed by atoms with Crippen LogP contribution in [-0.4, -0.2) is 45.4 Å². The molecule has 2 aromatic rings. The van der Waals surface area contributed by atoms with Crippen LogP contribution in [0.2, 0.25) is 5.02 Å². The van der Waals surface area contributed by atoms with Crippen LogP contribution in [-0.2, 0) is 6.54 Å². The molecule has 0 bridgehead atoms. The summed E-state index contributed by atoms with van der Waals surface area (Å²) in [5, 5.41) is 15.0. The quantitative estimate of drug-likeness (QED) is 0.908. The van der Waals surface area contributed by atoms with E-state index in [0.29, 0.717) is 17.3 Å². The smallest absolute Gasteiger partial charge is 0.133 e. The molecular weight excluding hydrogens is 272 g/mol. The van der Waals surface area contributed by atoms with Crippen molar-refractivity contribution in [1.29, 1.82) is 0 Å². The molecule has 0 saturated carbocycles. The van der Waals surface area contributed by atoms with Gasteiger partial charge in [-0.25, -0.2) is 0 Å². The molecule has 1 unspecified atom stereocenters. The van der Waals surface area contributed by atoms with E-state index in [1.54, 1.807) is 22.6 Å². The number of halogens is 1. The number of hydrogen-bond acceptors (Lipinski definition) is 5. The summed E-state index contributed by atoms with van der Waals surface area (Å²) in [5.74, 6) is 0. The fourth-order valence-corrected chi connectivity index (χ4v) is 2.46. The zero-order chi connectivity index (χ0) is 13.1. The summed E-state index contributed by atoms with van der Waals surface area (Å²) in [4.78, 5) is 6.79. The summed E-state index contributed by atoms with van der Waals surface area (Å²) < 4.78 is 1.74. The van der Waals surface area contributed by atoms with Crippen molar-refractivity contribution in [2.75, 3.05) is 20.6 Å². The number of nitrogens with zero attached hydrogens (tertiary/aromatic N) is 4. The van der Waals surface area contributed by atoms with Gasteiger partial charge in [-0.3, -0.25) is 9.67 Å². The average molecular weight is 287 g/mol. The number of thiazole rings is 1. The zero-order valence-electron chi connectivity index (χ0n) is 10.2. The van der Waals surface area contributed by atoms with Crippen molar-refractivity contribution >= 4 is 22.9 Å². The third-order valence-corrected chi connectivity index (χ3v) is 3.69. The Kier molecular flexibility index (Phi) is 4.34. The van der Waals surface area contributed by atoms with Crippen LogP contribution in [0.4, 0.5) is 0 Å². The molecule has 0 aliphatic carbocycles. The summed E-state index contributed by atoms with van der Waals surface area (Å²) >= 11 is 7.50. The summed E-state index contributed by atoms with van der Waals surface area (Å²) in [5.41, 5.74) is 2.32. The van der Waals surface area contributed by atoms with E-state index in [9.17, 15) is 5.11 Å². The molecule has 0 radical (unpaired) electrons. The molecule has 1 atom stereocenters. The highest BCUT2D eigenvalue weighted by atomic mass is 35.5. The van der Waals surface area contributed by atoms with Gasteiger partial charge in [0.05, 0.1) is 33.8 Å². The largest absolute Gasteiger partial charge is 0.381 e. The second-order valence-corrected chi connectivity index (χ2v) is 5.54. The maximum absolute atomic E-state index is 10.3. The number of hydrogen-bond donors (Lipinski definition) is 1. The standard InChI is InChI=1S/C11H15ClN4OS/c1-15(2)3-4-16-10(8(12)5-14-16)11(17)9-6-13-7-18-9/h5-7,11,17H,3-4H2,1-2H3. The van der Waals surface area contributed by atoms with Gasteiger partial charge < -0.3 is 10.0 Å². The molecule has 18 heavy (non-hydrogen) atoms. The Morgan fingerprint density at radius 1 is 1.50 bits per heavy atom. The minimum atomic E-state index is -0.769. The van der Waals surface area contributed by atoms with E-state index in [-0.39, 0.29) is 0 Å². The van der Waals surface area contributed by atoms with Gasteiger partial charge in [-0.2, -0.15) is 5.10 Å². The number of rotatable bonds is 5. The third kappa shape index (κ3) is 2.89. The number of aliphatic hydroxyl groups is 1. The Labute approximate surface area is 115 Å². The molecule has 5 nitrogen and oxygen atoms in total. The van der Waals surface area contributed by atoms with Gasteiger partial charge in [0.15, 0.2) is 0 Å². The minimum absolute atomic E-state index is 0.481. The zero-order valence-corrected chi connectivity index (χ0v) is 11.8. The fourth-order valence-electron chi connectivity index (χ4n) is 1.61. The van der Waals surface area contributed by atoms with E-state index in [1.165, 1.54) is 11.3 Å². The lowest BCUT2D eigenvalue weighted by atomic mass is 10.2. The Balaban J connectivity index is 2.23. The Hall–Kier alpha value is -0.950. The number of aromatic nitrogens is 3. The second-order valence-electron chi connectivity index (χ2n) is 4.21. The Morgan fingerprint density at radius 2 is 2.28 bits per heavy atom. The van der Waals surface area contributed by atoms with Gasteiger partial charge in [0.2, 0.25) is 0 Å². The third-order valence-electron chi connectivity index (χ3n) is 2.57. The van der Waals surface area contributed by atoms with Crippen LogP contribution in [0.5, 0.6) is 0 Å². The van der Waals surface area contributed by atoms with E-state index in [4.69, 9.17) is 11.6 Å². The van der Waals surface area contributed by atoms with Crippen LogP contribution in [0, 0.1) is 0 Å². The molecular formula is C11H15ClN4OS. The summed E-state index contributed by atoms with van der Waals surface area (Å²) in [6.45, 7) is 1.52. The lowest BCUT2D eigenvalue weighted by Crippen LogP contribution is -2.21. The molecule has 0 saturated heterocycles. The van der Waals surface area contributed by atoms with Crippen molar-refractivity contribution in [2.45, 2.75) is 12.6 Å². The second kappa shape index (κ2) is 5.79. The van der Waals surface area contributed by atoms with E-state index < -0.39 is 6.10 Å². The molecule has 2 aromatic heterocycles. The molecule has 0 amide bonds. The van der Waals surface area contributed by atoms with Crippen LogP contribution in [0.25, 0.3) is 0 Å². The molecule has 0 spiro atoms. The molecule has 1 N–H and O–H groups in total. The first-order valence-electron chi connectivity index (χ1n) is 5.52. The molecule has 2 rings (SSSR count). The van der Waals surface area contributed by atoms with Gasteiger partial charge in [0.1, 0.15) is 6.10 Å². The first-order valence-corrected chi connectivity index (χ1v) is 6.77. The van der Waals surface area contributed by atoms with Crippen LogP contribution < -0.4 is 0 Å². The molecule has 0 aliphatic heterocycles. The van der Waals surface area contributed by atoms with E-state index in [1.807, 2.05) is 14.1 Å². The van der Waals surface area contributed by atoms with Gasteiger partial charge >= 0.3 is 0 Å². The summed E-state index contributed by atoms with van der Waals surface area (Å²) in [6, 6.07) is 0. The summed E-state index contributed by atoms with van der Waals surface area (Å²) in [6.07, 6.45) is 2.45. The van der Waals surface area contributed by atoms with Crippen molar-refractivity contribution < 1.29 is 5.11 Å². The van der Waals surface area contributed by atoms with Gasteiger partial charge in [0.25, 0.3) is 0 Å². The van der Waals surface area contributed by atoms with E-state index in [0.717, 1.165) is 11.4 Å². The number of likely N-dealkylation sites (N-methyl/N-ethyl adjacent to an activating group) is 1. The van der Waals surface area contributed by atoms with Gasteiger partial charge in [0, 0.05) is 12.7 Å². The molecule has 0 aliphatic rings. The summed E-state index contributed by atoms with van der Waals surface area (Å²) in [7, 11) is 3.98. The normalized spacial score (nSPS) is 13.2. The maximum atomic E-state index is 10.3. The minimum Gasteiger partial charge on any atom is -0.381 e. The maximum Gasteiger partial charge on any atom is 0.133 e. The van der Waals surface area contributed by atoms with Crippen LogP contribution in [0.15, 0.2) is 17.9 Å². The van der Waals surface area contributed by atoms with Gasteiger partial charge in [-0.15, -0.1) is 11.3 Å². The van der Waals surface area contributed by atoms with Gasteiger partial charge in [-0.1, -0.05) is 11.6 Å². The fraction of sp³-hybridized carbons (Fsp3) is 0.455. The Morgan fingerprint density at radius 3 is 2.89 bits per heavy atom. The molecule has 7 heteroatoms. The molecule has 98 valence electrons.